The predicted molar refractivity (Wildman–Crippen MR) is 72.4 cm³/mol. The zero-order valence-corrected chi connectivity index (χ0v) is 12.1. The van der Waals surface area contributed by atoms with Gasteiger partial charge in [0.1, 0.15) is 6.04 Å². The molecule has 0 aromatic rings. The standard InChI is InChI=1S/C10H22N4O5S/c11-9(10(15)16)8-13-20(17,18)12-2-1-3-14-4-6-19-7-5-14/h9,12-13H,1-8,11H2,(H,15,16). The number of carboxylic acids is 1. The van der Waals surface area contributed by atoms with Gasteiger partial charge in [-0.25, -0.2) is 9.44 Å². The monoisotopic (exact) mass is 310 g/mol. The fourth-order valence-corrected chi connectivity index (χ4v) is 2.59. The van der Waals surface area contributed by atoms with E-state index in [1.54, 1.807) is 0 Å². The van der Waals surface area contributed by atoms with Crippen LogP contribution in [-0.2, 0) is 19.7 Å². The van der Waals surface area contributed by atoms with E-state index < -0.39 is 22.2 Å². The number of carbonyl (C=O) groups is 1. The van der Waals surface area contributed by atoms with E-state index in [-0.39, 0.29) is 13.1 Å². The summed E-state index contributed by atoms with van der Waals surface area (Å²) in [5.41, 5.74) is 5.20. The summed E-state index contributed by atoms with van der Waals surface area (Å²) < 4.78 is 32.7. The molecule has 0 amide bonds. The van der Waals surface area contributed by atoms with E-state index in [1.165, 1.54) is 0 Å². The molecule has 1 rings (SSSR count). The zero-order valence-electron chi connectivity index (χ0n) is 11.2. The molecule has 1 aliphatic heterocycles. The third-order valence-electron chi connectivity index (χ3n) is 2.86. The second kappa shape index (κ2) is 8.49. The number of nitrogens with zero attached hydrogens (tertiary/aromatic N) is 1. The van der Waals surface area contributed by atoms with Gasteiger partial charge in [0.05, 0.1) is 13.2 Å². The molecule has 0 spiro atoms. The molecule has 20 heavy (non-hydrogen) atoms. The van der Waals surface area contributed by atoms with Crippen molar-refractivity contribution < 1.29 is 23.1 Å². The summed E-state index contributed by atoms with van der Waals surface area (Å²) in [7, 11) is -3.70. The molecule has 0 aromatic carbocycles. The molecule has 0 aliphatic carbocycles. The molecule has 5 N–H and O–H groups in total. The average Bonchev–Trinajstić information content (AvgIpc) is 2.42. The highest BCUT2D eigenvalue weighted by Crippen LogP contribution is 1.97. The number of hydrogen-bond donors (Lipinski definition) is 4. The van der Waals surface area contributed by atoms with Gasteiger partial charge in [0.2, 0.25) is 0 Å². The van der Waals surface area contributed by atoms with Crippen molar-refractivity contribution in [3.05, 3.63) is 0 Å². The number of ether oxygens (including phenoxy) is 1. The lowest BCUT2D eigenvalue weighted by atomic mass is 10.3. The van der Waals surface area contributed by atoms with E-state index in [0.29, 0.717) is 19.6 Å². The highest BCUT2D eigenvalue weighted by atomic mass is 32.2. The van der Waals surface area contributed by atoms with E-state index in [2.05, 4.69) is 14.3 Å². The van der Waals surface area contributed by atoms with Crippen molar-refractivity contribution in [2.24, 2.45) is 5.73 Å². The molecule has 0 saturated carbocycles. The third-order valence-corrected chi connectivity index (χ3v) is 3.99. The topological polar surface area (TPSA) is 134 Å². The lowest BCUT2D eigenvalue weighted by molar-refractivity contribution is -0.138. The second-order valence-corrected chi connectivity index (χ2v) is 6.08. The molecule has 9 nitrogen and oxygen atoms in total. The first-order valence-corrected chi connectivity index (χ1v) is 7.92. The van der Waals surface area contributed by atoms with E-state index in [1.807, 2.05) is 0 Å². The van der Waals surface area contributed by atoms with E-state index in [9.17, 15) is 13.2 Å². The smallest absolute Gasteiger partial charge is 0.321 e. The van der Waals surface area contributed by atoms with Crippen LogP contribution in [0.3, 0.4) is 0 Å². The van der Waals surface area contributed by atoms with Gasteiger partial charge in [-0.2, -0.15) is 8.42 Å². The number of aliphatic carboxylic acids is 1. The first-order chi connectivity index (χ1) is 9.41. The molecule has 1 unspecified atom stereocenters. The van der Waals surface area contributed by atoms with E-state index in [4.69, 9.17) is 15.6 Å². The van der Waals surface area contributed by atoms with Crippen molar-refractivity contribution in [2.75, 3.05) is 45.9 Å². The zero-order chi connectivity index (χ0) is 15.0. The number of carboxylic acid groups (broad SMARTS) is 1. The fourth-order valence-electron chi connectivity index (χ4n) is 1.67. The summed E-state index contributed by atoms with van der Waals surface area (Å²) in [6, 6.07) is -1.25. The maximum atomic E-state index is 11.5. The van der Waals surface area contributed by atoms with Gasteiger partial charge < -0.3 is 15.6 Å². The lowest BCUT2D eigenvalue weighted by Crippen LogP contribution is -2.46. The summed E-state index contributed by atoms with van der Waals surface area (Å²) >= 11 is 0. The molecule has 118 valence electrons. The van der Waals surface area contributed by atoms with Crippen molar-refractivity contribution in [1.82, 2.24) is 14.3 Å². The molecule has 1 fully saturated rings. The van der Waals surface area contributed by atoms with Gasteiger partial charge in [0.25, 0.3) is 10.2 Å². The van der Waals surface area contributed by atoms with Crippen LogP contribution >= 0.6 is 0 Å². The minimum Gasteiger partial charge on any atom is -0.480 e. The highest BCUT2D eigenvalue weighted by Gasteiger charge is 2.16. The Balaban J connectivity index is 2.14. The van der Waals surface area contributed by atoms with Gasteiger partial charge in [-0.1, -0.05) is 0 Å². The highest BCUT2D eigenvalue weighted by molar-refractivity contribution is 7.87. The molecule has 1 heterocycles. The van der Waals surface area contributed by atoms with Crippen LogP contribution in [-0.4, -0.2) is 76.4 Å². The van der Waals surface area contributed by atoms with Crippen LogP contribution in [0.1, 0.15) is 6.42 Å². The van der Waals surface area contributed by atoms with Crippen LogP contribution < -0.4 is 15.2 Å². The normalized spacial score (nSPS) is 18.9. The quantitative estimate of drug-likeness (QED) is 0.347. The Morgan fingerprint density at radius 1 is 1.35 bits per heavy atom. The SMILES string of the molecule is NC(CNS(=O)(=O)NCCCN1CCOCC1)C(=O)O. The van der Waals surface area contributed by atoms with Gasteiger partial charge in [-0.3, -0.25) is 9.69 Å². The molecular weight excluding hydrogens is 288 g/mol. The van der Waals surface area contributed by atoms with Crippen LogP contribution in [0.25, 0.3) is 0 Å². The number of rotatable bonds is 9. The predicted octanol–water partition coefficient (Wildman–Crippen LogP) is -2.46. The van der Waals surface area contributed by atoms with Gasteiger partial charge >= 0.3 is 5.97 Å². The molecule has 0 radical (unpaired) electrons. The minimum atomic E-state index is -3.70. The first-order valence-electron chi connectivity index (χ1n) is 6.43. The Bertz CT molecular complexity index is 396. The van der Waals surface area contributed by atoms with Crippen molar-refractivity contribution in [3.63, 3.8) is 0 Å². The van der Waals surface area contributed by atoms with Crippen LogP contribution in [0.4, 0.5) is 0 Å². The Hall–Kier alpha value is -0.780. The molecular formula is C10H22N4O5S. The molecule has 1 atom stereocenters. The fraction of sp³-hybridized carbons (Fsp3) is 0.900. The first kappa shape index (κ1) is 17.3. The molecule has 0 aromatic heterocycles. The molecule has 0 bridgehead atoms. The Labute approximate surface area is 118 Å². The summed E-state index contributed by atoms with van der Waals surface area (Å²) in [5.74, 6) is -1.25. The van der Waals surface area contributed by atoms with Crippen molar-refractivity contribution in [3.8, 4) is 0 Å². The van der Waals surface area contributed by atoms with Gasteiger partial charge in [-0.15, -0.1) is 0 Å². The lowest BCUT2D eigenvalue weighted by Gasteiger charge is -2.26. The van der Waals surface area contributed by atoms with Crippen molar-refractivity contribution >= 4 is 16.2 Å². The molecule has 10 heteroatoms. The van der Waals surface area contributed by atoms with Crippen molar-refractivity contribution in [1.29, 1.82) is 0 Å². The minimum absolute atomic E-state index is 0.287. The maximum Gasteiger partial charge on any atom is 0.321 e. The van der Waals surface area contributed by atoms with E-state index >= 15 is 0 Å². The van der Waals surface area contributed by atoms with E-state index in [0.717, 1.165) is 19.6 Å². The van der Waals surface area contributed by atoms with Crippen LogP contribution in [0, 0.1) is 0 Å². The largest absolute Gasteiger partial charge is 0.480 e. The number of nitrogens with one attached hydrogen (secondary N) is 2. The Morgan fingerprint density at radius 2 is 2.00 bits per heavy atom. The average molecular weight is 310 g/mol. The third kappa shape index (κ3) is 7.12. The summed E-state index contributed by atoms with van der Waals surface area (Å²) in [6.45, 7) is 3.88. The molecule has 1 aliphatic rings. The summed E-state index contributed by atoms with van der Waals surface area (Å²) in [5, 5.41) is 8.54. The summed E-state index contributed by atoms with van der Waals surface area (Å²) in [4.78, 5) is 12.7. The van der Waals surface area contributed by atoms with Crippen LogP contribution in [0.5, 0.6) is 0 Å². The number of nitrogens with two attached hydrogens (primary N) is 1. The van der Waals surface area contributed by atoms with Crippen LogP contribution in [0.2, 0.25) is 0 Å². The second-order valence-electron chi connectivity index (χ2n) is 4.50. The molecule has 1 saturated heterocycles. The Morgan fingerprint density at radius 3 is 2.60 bits per heavy atom. The van der Waals surface area contributed by atoms with Crippen molar-refractivity contribution in [2.45, 2.75) is 12.5 Å². The van der Waals surface area contributed by atoms with Gasteiger partial charge in [-0.05, 0) is 13.0 Å². The number of morpholine rings is 1. The summed E-state index contributed by atoms with van der Waals surface area (Å²) in [6.07, 6.45) is 0.673. The van der Waals surface area contributed by atoms with Gasteiger partial charge in [0.15, 0.2) is 0 Å². The van der Waals surface area contributed by atoms with Gasteiger partial charge in [0, 0.05) is 26.2 Å². The maximum absolute atomic E-state index is 11.5. The Kier molecular flexibility index (Phi) is 7.34. The number of hydrogen-bond acceptors (Lipinski definition) is 6. The van der Waals surface area contributed by atoms with Crippen LogP contribution in [0.15, 0.2) is 0 Å².